The van der Waals surface area contributed by atoms with Gasteiger partial charge >= 0.3 is 6.03 Å². The standard InChI is InChI=1S/C19H26N6O/c1-11-9-15-13(3)21-18(23-16(15)10-12(11)2)24-17(20)25-19(26)22-14-7-5-4-6-8-14/h9-10,14H,4-8H2,1-3H3,(H4,20,21,22,23,24,25,26). The summed E-state index contributed by atoms with van der Waals surface area (Å²) in [6.45, 7) is 6.02. The van der Waals surface area contributed by atoms with Crippen molar-refractivity contribution in [3.05, 3.63) is 29.0 Å². The molecule has 1 aliphatic carbocycles. The largest absolute Gasteiger partial charge is 0.369 e. The number of guanidine groups is 1. The Morgan fingerprint density at radius 1 is 1.12 bits per heavy atom. The van der Waals surface area contributed by atoms with Gasteiger partial charge in [-0.05, 0) is 56.9 Å². The zero-order chi connectivity index (χ0) is 18.7. The van der Waals surface area contributed by atoms with Gasteiger partial charge in [-0.15, -0.1) is 0 Å². The number of rotatable bonds is 2. The first-order valence-corrected chi connectivity index (χ1v) is 9.09. The van der Waals surface area contributed by atoms with E-state index >= 15 is 0 Å². The maximum Gasteiger partial charge on any atom is 0.321 e. The van der Waals surface area contributed by atoms with Crippen molar-refractivity contribution in [3.63, 3.8) is 0 Å². The highest BCUT2D eigenvalue weighted by Crippen LogP contribution is 2.22. The fourth-order valence-electron chi connectivity index (χ4n) is 3.30. The first kappa shape index (κ1) is 18.1. The Morgan fingerprint density at radius 3 is 2.54 bits per heavy atom. The molecule has 138 valence electrons. The summed E-state index contributed by atoms with van der Waals surface area (Å²) in [4.78, 5) is 25.0. The lowest BCUT2D eigenvalue weighted by molar-refractivity contribution is 0.237. The summed E-state index contributed by atoms with van der Waals surface area (Å²) in [5.74, 6) is 0.231. The molecule has 2 amide bonds. The number of carbonyl (C=O) groups excluding carboxylic acids is 1. The van der Waals surface area contributed by atoms with Crippen LogP contribution in [0.25, 0.3) is 10.9 Å². The van der Waals surface area contributed by atoms with E-state index in [1.54, 1.807) is 0 Å². The van der Waals surface area contributed by atoms with E-state index < -0.39 is 0 Å². The summed E-state index contributed by atoms with van der Waals surface area (Å²) >= 11 is 0. The van der Waals surface area contributed by atoms with Gasteiger partial charge in [-0.25, -0.2) is 14.8 Å². The number of nitrogens with zero attached hydrogens (tertiary/aromatic N) is 3. The topological polar surface area (TPSA) is 105 Å². The summed E-state index contributed by atoms with van der Waals surface area (Å²) < 4.78 is 0. The van der Waals surface area contributed by atoms with Gasteiger partial charge in [0.1, 0.15) is 0 Å². The van der Waals surface area contributed by atoms with E-state index in [2.05, 4.69) is 38.6 Å². The van der Waals surface area contributed by atoms with Crippen molar-refractivity contribution in [2.24, 2.45) is 10.7 Å². The number of hydrogen-bond donors (Lipinski definition) is 3. The third kappa shape index (κ3) is 4.28. The number of nitrogens with one attached hydrogen (secondary N) is 2. The minimum absolute atomic E-state index is 0.0131. The van der Waals surface area contributed by atoms with Gasteiger partial charge in [-0.2, -0.15) is 4.99 Å². The number of aromatic nitrogens is 2. The molecule has 0 saturated heterocycles. The van der Waals surface area contributed by atoms with Gasteiger partial charge in [0.25, 0.3) is 5.95 Å². The number of urea groups is 1. The molecule has 0 aliphatic heterocycles. The molecule has 1 aromatic heterocycles. The number of benzene rings is 1. The van der Waals surface area contributed by atoms with Crippen LogP contribution in [0.2, 0.25) is 0 Å². The number of nitrogens with two attached hydrogens (primary N) is 1. The van der Waals surface area contributed by atoms with Crippen LogP contribution >= 0.6 is 0 Å². The lowest BCUT2D eigenvalue weighted by Crippen LogP contribution is -2.47. The molecule has 26 heavy (non-hydrogen) atoms. The van der Waals surface area contributed by atoms with Gasteiger partial charge in [-0.1, -0.05) is 19.3 Å². The van der Waals surface area contributed by atoms with Gasteiger partial charge in [0, 0.05) is 11.4 Å². The van der Waals surface area contributed by atoms with E-state index in [4.69, 9.17) is 5.73 Å². The number of carbonyl (C=O) groups is 1. The molecule has 2 aromatic rings. The molecule has 0 spiro atoms. The van der Waals surface area contributed by atoms with Crippen LogP contribution in [0.1, 0.15) is 48.9 Å². The van der Waals surface area contributed by atoms with Crippen molar-refractivity contribution in [2.75, 3.05) is 0 Å². The van der Waals surface area contributed by atoms with Crippen LogP contribution in [0.15, 0.2) is 17.1 Å². The van der Waals surface area contributed by atoms with Gasteiger partial charge < -0.3 is 11.1 Å². The molecule has 4 N–H and O–H groups in total. The Kier molecular flexibility index (Phi) is 5.35. The first-order chi connectivity index (χ1) is 12.4. The highest BCUT2D eigenvalue weighted by Gasteiger charge is 2.16. The van der Waals surface area contributed by atoms with Gasteiger partial charge in [0.05, 0.1) is 11.2 Å². The molecule has 0 radical (unpaired) electrons. The van der Waals surface area contributed by atoms with E-state index in [0.29, 0.717) is 0 Å². The third-order valence-electron chi connectivity index (χ3n) is 4.89. The van der Waals surface area contributed by atoms with Gasteiger partial charge in [-0.3, -0.25) is 5.32 Å². The fraction of sp³-hybridized carbons (Fsp3) is 0.474. The predicted octanol–water partition coefficient (Wildman–Crippen LogP) is 3.13. The molecule has 0 atom stereocenters. The lowest BCUT2D eigenvalue weighted by atomic mass is 9.96. The zero-order valence-electron chi connectivity index (χ0n) is 15.6. The quantitative estimate of drug-likeness (QED) is 0.569. The molecule has 0 bridgehead atoms. The van der Waals surface area contributed by atoms with Crippen LogP contribution < -0.4 is 16.4 Å². The Hall–Kier alpha value is -2.70. The summed E-state index contributed by atoms with van der Waals surface area (Å²) in [7, 11) is 0. The third-order valence-corrected chi connectivity index (χ3v) is 4.89. The predicted molar refractivity (Wildman–Crippen MR) is 104 cm³/mol. The highest BCUT2D eigenvalue weighted by molar-refractivity contribution is 5.96. The second-order valence-corrected chi connectivity index (χ2v) is 6.99. The van der Waals surface area contributed by atoms with E-state index in [1.807, 2.05) is 19.9 Å². The molecule has 7 heteroatoms. The van der Waals surface area contributed by atoms with Crippen LogP contribution in [0.4, 0.5) is 10.7 Å². The Labute approximate surface area is 153 Å². The first-order valence-electron chi connectivity index (χ1n) is 9.09. The maximum absolute atomic E-state index is 12.0. The van der Waals surface area contributed by atoms with Crippen LogP contribution in [0, 0.1) is 20.8 Å². The average molecular weight is 354 g/mol. The normalized spacial score (nSPS) is 15.9. The number of aryl methyl sites for hydroxylation is 3. The van der Waals surface area contributed by atoms with Gasteiger partial charge in [0.2, 0.25) is 5.96 Å². The van der Waals surface area contributed by atoms with Crippen molar-refractivity contribution in [2.45, 2.75) is 58.9 Å². The number of hydrogen-bond acceptors (Lipinski definition) is 4. The minimum Gasteiger partial charge on any atom is -0.369 e. The molecule has 0 unspecified atom stereocenters. The summed E-state index contributed by atoms with van der Waals surface area (Å²) in [6.07, 6.45) is 5.56. The van der Waals surface area contributed by atoms with Crippen LogP contribution in [-0.4, -0.2) is 28.0 Å². The molecule has 3 rings (SSSR count). The van der Waals surface area contributed by atoms with E-state index in [1.165, 1.54) is 12.0 Å². The number of aliphatic imine (C=N–C) groups is 1. The molecule has 1 saturated carbocycles. The van der Waals surface area contributed by atoms with Gasteiger partial charge in [0.15, 0.2) is 0 Å². The van der Waals surface area contributed by atoms with Crippen LogP contribution in [-0.2, 0) is 0 Å². The van der Waals surface area contributed by atoms with Crippen molar-refractivity contribution in [1.82, 2.24) is 20.6 Å². The molecule has 1 aliphatic rings. The fourth-order valence-corrected chi connectivity index (χ4v) is 3.30. The smallest absolute Gasteiger partial charge is 0.321 e. The molecule has 1 aromatic carbocycles. The second-order valence-electron chi connectivity index (χ2n) is 6.99. The lowest BCUT2D eigenvalue weighted by Gasteiger charge is -2.22. The number of amides is 2. The Bertz CT molecular complexity index is 855. The minimum atomic E-state index is -0.331. The molecule has 7 nitrogen and oxygen atoms in total. The van der Waals surface area contributed by atoms with Crippen molar-refractivity contribution >= 4 is 28.8 Å². The Balaban J connectivity index is 1.73. The van der Waals surface area contributed by atoms with Crippen LogP contribution in [0.3, 0.4) is 0 Å². The van der Waals surface area contributed by atoms with E-state index in [0.717, 1.165) is 47.8 Å². The Morgan fingerprint density at radius 2 is 1.81 bits per heavy atom. The molecule has 1 heterocycles. The molecule has 1 fully saturated rings. The SMILES string of the molecule is Cc1cc2nc(/N=C(/N)NC(=O)NC3CCCCC3)nc(C)c2cc1C. The monoisotopic (exact) mass is 354 g/mol. The van der Waals surface area contributed by atoms with E-state index in [9.17, 15) is 4.79 Å². The van der Waals surface area contributed by atoms with Crippen molar-refractivity contribution in [1.29, 1.82) is 0 Å². The van der Waals surface area contributed by atoms with Crippen molar-refractivity contribution < 1.29 is 4.79 Å². The zero-order valence-corrected chi connectivity index (χ0v) is 15.6. The maximum atomic E-state index is 12.0. The summed E-state index contributed by atoms with van der Waals surface area (Å²) in [5, 5.41) is 6.49. The second kappa shape index (κ2) is 7.68. The highest BCUT2D eigenvalue weighted by atomic mass is 16.2. The van der Waals surface area contributed by atoms with Crippen LogP contribution in [0.5, 0.6) is 0 Å². The molecular weight excluding hydrogens is 328 g/mol. The summed E-state index contributed by atoms with van der Waals surface area (Å²) in [5.41, 5.74) is 9.86. The molecular formula is C19H26N6O. The number of fused-ring (bicyclic) bond motifs is 1. The summed E-state index contributed by atoms with van der Waals surface area (Å²) in [6, 6.07) is 3.97. The van der Waals surface area contributed by atoms with Crippen molar-refractivity contribution in [3.8, 4) is 0 Å². The van der Waals surface area contributed by atoms with E-state index in [-0.39, 0.29) is 24.0 Å². The average Bonchev–Trinajstić information content (AvgIpc) is 2.57.